The van der Waals surface area contributed by atoms with Gasteiger partial charge in [0.2, 0.25) is 0 Å². The van der Waals surface area contributed by atoms with E-state index in [1.165, 1.54) is 5.39 Å². The van der Waals surface area contributed by atoms with Gasteiger partial charge in [-0.25, -0.2) is 0 Å². The molecule has 2 bridgehead atoms. The van der Waals surface area contributed by atoms with Gasteiger partial charge in [0.1, 0.15) is 0 Å². The highest BCUT2D eigenvalue weighted by Crippen LogP contribution is 2.57. The maximum atomic E-state index is 12.0. The van der Waals surface area contributed by atoms with Crippen molar-refractivity contribution < 1.29 is 20.4 Å². The van der Waals surface area contributed by atoms with Gasteiger partial charge in [-0.3, -0.25) is 4.99 Å². The minimum Gasteiger partial charge on any atom is -0.396 e. The summed E-state index contributed by atoms with van der Waals surface area (Å²) in [6.07, 6.45) is 7.32. The van der Waals surface area contributed by atoms with Gasteiger partial charge in [0.15, 0.2) is 5.96 Å². The van der Waals surface area contributed by atoms with Crippen molar-refractivity contribution in [3.05, 3.63) is 60.3 Å². The first-order valence-corrected chi connectivity index (χ1v) is 14.4. The van der Waals surface area contributed by atoms with Crippen LogP contribution in [0.4, 0.5) is 0 Å². The number of aliphatic hydroxyl groups is 4. The lowest BCUT2D eigenvalue weighted by molar-refractivity contribution is -0.102. The highest BCUT2D eigenvalue weighted by Gasteiger charge is 2.61. The van der Waals surface area contributed by atoms with Gasteiger partial charge in [-0.15, -0.1) is 0 Å². The summed E-state index contributed by atoms with van der Waals surface area (Å²) in [6, 6.07) is 10.4. The van der Waals surface area contributed by atoms with Crippen LogP contribution in [0.15, 0.2) is 59.6 Å². The van der Waals surface area contributed by atoms with E-state index in [9.17, 15) is 15.3 Å². The number of nitrogens with zero attached hydrogens (tertiary/aromatic N) is 1. The summed E-state index contributed by atoms with van der Waals surface area (Å²) in [4.78, 5) is 7.73. The number of aliphatic hydroxyl groups excluding tert-OH is 2. The number of H-pyrrole nitrogens is 1. The molecule has 212 valence electrons. The zero-order chi connectivity index (χ0) is 27.6. The molecule has 3 aliphatic carbocycles. The number of benzene rings is 1. The summed E-state index contributed by atoms with van der Waals surface area (Å²) in [5.41, 5.74) is 1.05. The van der Waals surface area contributed by atoms with Crippen molar-refractivity contribution >= 4 is 16.9 Å². The molecule has 7 N–H and O–H groups in total. The standard InChI is InChI=1S/C31H44N4O4/c1-20(15-23-16-21-7-3-4-9-27(21)35-23)24-17-26-25(30(38)10-5-8-22(24)19-30)18-28(37)31(26,39)11-13-34-29(32-2)33-12-6-14-36/h3-5,7-9,16,22,24-26,28,35-39H,1,6,10-15,17-19H2,2H3,(H2,32,33,34). The van der Waals surface area contributed by atoms with Crippen LogP contribution in [0.5, 0.6) is 0 Å². The maximum absolute atomic E-state index is 12.0. The van der Waals surface area contributed by atoms with Crippen LogP contribution in [-0.4, -0.2) is 75.4 Å². The molecule has 5 rings (SSSR count). The van der Waals surface area contributed by atoms with Crippen molar-refractivity contribution in [1.82, 2.24) is 15.6 Å². The molecule has 1 aromatic carbocycles. The largest absolute Gasteiger partial charge is 0.396 e. The number of hydrogen-bond donors (Lipinski definition) is 7. The average molecular weight is 537 g/mol. The highest BCUT2D eigenvalue weighted by atomic mass is 16.3. The summed E-state index contributed by atoms with van der Waals surface area (Å²) in [7, 11) is 1.68. The number of hydrogen-bond acceptors (Lipinski definition) is 5. The molecule has 2 fully saturated rings. The Balaban J connectivity index is 1.34. The normalized spacial score (nSPS) is 34.1. The summed E-state index contributed by atoms with van der Waals surface area (Å²) < 4.78 is 0. The van der Waals surface area contributed by atoms with Crippen molar-refractivity contribution in [2.75, 3.05) is 26.7 Å². The molecule has 7 atom stereocenters. The highest BCUT2D eigenvalue weighted by molar-refractivity contribution is 5.80. The number of guanidine groups is 1. The van der Waals surface area contributed by atoms with Crippen LogP contribution in [-0.2, 0) is 6.42 Å². The summed E-state index contributed by atoms with van der Waals surface area (Å²) in [5, 5.41) is 51.7. The number of fused-ring (bicyclic) bond motifs is 5. The molecule has 0 amide bonds. The lowest BCUT2D eigenvalue weighted by atomic mass is 9.71. The second kappa shape index (κ2) is 11.5. The Morgan fingerprint density at radius 1 is 1.15 bits per heavy atom. The molecule has 0 radical (unpaired) electrons. The van der Waals surface area contributed by atoms with E-state index in [1.54, 1.807) is 7.05 Å². The van der Waals surface area contributed by atoms with Gasteiger partial charge >= 0.3 is 0 Å². The molecule has 3 aliphatic rings. The van der Waals surface area contributed by atoms with Gasteiger partial charge in [-0.1, -0.05) is 42.5 Å². The number of rotatable bonds is 9. The van der Waals surface area contributed by atoms with Gasteiger partial charge in [0.25, 0.3) is 0 Å². The number of aromatic nitrogens is 1. The molecule has 8 nitrogen and oxygen atoms in total. The average Bonchev–Trinajstić information content (AvgIpc) is 3.41. The first-order chi connectivity index (χ1) is 18.8. The molecular formula is C31H44N4O4. The van der Waals surface area contributed by atoms with E-state index in [1.807, 2.05) is 12.1 Å². The van der Waals surface area contributed by atoms with E-state index in [0.29, 0.717) is 64.0 Å². The quantitative estimate of drug-likeness (QED) is 0.114. The zero-order valence-corrected chi connectivity index (χ0v) is 22.9. The van der Waals surface area contributed by atoms with Crippen molar-refractivity contribution in [2.45, 2.75) is 62.3 Å². The van der Waals surface area contributed by atoms with Crippen LogP contribution in [0.1, 0.15) is 44.2 Å². The summed E-state index contributed by atoms with van der Waals surface area (Å²) >= 11 is 0. The molecule has 2 aromatic rings. The first-order valence-electron chi connectivity index (χ1n) is 14.4. The van der Waals surface area contributed by atoms with E-state index in [2.05, 4.69) is 57.5 Å². The van der Waals surface area contributed by atoms with Crippen LogP contribution in [0.25, 0.3) is 10.9 Å². The van der Waals surface area contributed by atoms with E-state index in [0.717, 1.165) is 16.8 Å². The Bertz CT molecular complexity index is 1190. The fraction of sp³-hybridized carbons (Fsp3) is 0.581. The van der Waals surface area contributed by atoms with Crippen molar-refractivity contribution in [1.29, 1.82) is 0 Å². The van der Waals surface area contributed by atoms with Gasteiger partial charge in [0, 0.05) is 44.4 Å². The molecule has 0 aliphatic heterocycles. The molecule has 39 heavy (non-hydrogen) atoms. The topological polar surface area (TPSA) is 133 Å². The lowest BCUT2D eigenvalue weighted by Crippen LogP contribution is -2.49. The van der Waals surface area contributed by atoms with Crippen LogP contribution < -0.4 is 10.6 Å². The van der Waals surface area contributed by atoms with Crippen molar-refractivity contribution in [3.8, 4) is 0 Å². The van der Waals surface area contributed by atoms with Gasteiger partial charge in [-0.2, -0.15) is 0 Å². The number of aromatic amines is 1. The second-order valence-electron chi connectivity index (χ2n) is 11.9. The van der Waals surface area contributed by atoms with Crippen LogP contribution >= 0.6 is 0 Å². The Labute approximate surface area is 230 Å². The third kappa shape index (κ3) is 5.53. The fourth-order valence-electron chi connectivity index (χ4n) is 7.51. The fourth-order valence-corrected chi connectivity index (χ4v) is 7.51. The molecule has 2 saturated carbocycles. The number of aliphatic imine (C=N–C) groups is 1. The molecular weight excluding hydrogens is 492 g/mol. The lowest BCUT2D eigenvalue weighted by Gasteiger charge is -2.40. The van der Waals surface area contributed by atoms with Gasteiger partial charge in [-0.05, 0) is 79.7 Å². The third-order valence-electron chi connectivity index (χ3n) is 9.54. The van der Waals surface area contributed by atoms with Gasteiger partial charge < -0.3 is 36.0 Å². The summed E-state index contributed by atoms with van der Waals surface area (Å²) in [5.74, 6) is 0.406. The SMILES string of the molecule is C=C(Cc1cc2ccccc2[nH]1)C1CC2C(CC(O)C2(O)CCNC(=NC)NCCCO)C2(O)CC=CC1C2. The Morgan fingerprint density at radius 3 is 2.72 bits per heavy atom. The minimum absolute atomic E-state index is 0.0900. The molecule has 1 heterocycles. The third-order valence-corrected chi connectivity index (χ3v) is 9.54. The monoisotopic (exact) mass is 536 g/mol. The molecule has 8 heteroatoms. The number of nitrogens with one attached hydrogen (secondary N) is 3. The molecule has 7 unspecified atom stereocenters. The first kappa shape index (κ1) is 27.9. The maximum Gasteiger partial charge on any atom is 0.190 e. The summed E-state index contributed by atoms with van der Waals surface area (Å²) in [6.45, 7) is 5.66. The number of allylic oxidation sites excluding steroid dienone is 2. The van der Waals surface area contributed by atoms with Crippen LogP contribution in [0.2, 0.25) is 0 Å². The minimum atomic E-state index is -1.32. The smallest absolute Gasteiger partial charge is 0.190 e. The Hall–Kier alpha value is -2.65. The predicted octanol–water partition coefficient (Wildman–Crippen LogP) is 2.65. The van der Waals surface area contributed by atoms with Crippen molar-refractivity contribution in [2.24, 2.45) is 28.7 Å². The second-order valence-corrected chi connectivity index (χ2v) is 11.9. The molecule has 1 aromatic heterocycles. The van der Waals surface area contributed by atoms with E-state index in [4.69, 9.17) is 5.11 Å². The van der Waals surface area contributed by atoms with E-state index < -0.39 is 17.3 Å². The molecule has 0 spiro atoms. The number of para-hydroxylation sites is 1. The molecule has 0 saturated heterocycles. The Morgan fingerprint density at radius 2 is 1.95 bits per heavy atom. The predicted molar refractivity (Wildman–Crippen MR) is 154 cm³/mol. The van der Waals surface area contributed by atoms with Crippen molar-refractivity contribution in [3.63, 3.8) is 0 Å². The van der Waals surface area contributed by atoms with Crippen LogP contribution in [0, 0.1) is 23.7 Å². The van der Waals surface area contributed by atoms with Crippen LogP contribution in [0.3, 0.4) is 0 Å². The van der Waals surface area contributed by atoms with E-state index >= 15 is 0 Å². The van der Waals surface area contributed by atoms with Gasteiger partial charge in [0.05, 0.1) is 17.3 Å². The Kier molecular flexibility index (Phi) is 8.19. The zero-order valence-electron chi connectivity index (χ0n) is 22.9. The van der Waals surface area contributed by atoms with E-state index in [-0.39, 0.29) is 30.3 Å².